The molecule has 0 aromatic heterocycles. The second-order valence-corrected chi connectivity index (χ2v) is 5.41. The molecule has 0 aliphatic heterocycles. The number of carbonyl (C=O) groups is 1. The van der Waals surface area contributed by atoms with Crippen molar-refractivity contribution in [2.45, 2.75) is 13.0 Å². The zero-order chi connectivity index (χ0) is 15.2. The highest BCUT2D eigenvalue weighted by atomic mass is 35.5. The fourth-order valence-electron chi connectivity index (χ4n) is 1.84. The van der Waals surface area contributed by atoms with E-state index in [0.29, 0.717) is 15.8 Å². The van der Waals surface area contributed by atoms with Crippen LogP contribution in [0.2, 0.25) is 10.0 Å². The average molecular weight is 324 g/mol. The summed E-state index contributed by atoms with van der Waals surface area (Å²) in [5.41, 5.74) is 1.04. The lowest BCUT2D eigenvalue weighted by molar-refractivity contribution is -0.123. The molecule has 0 heterocycles. The number of rotatable bonds is 5. The molecule has 2 aromatic carbocycles. The van der Waals surface area contributed by atoms with E-state index in [-0.39, 0.29) is 18.6 Å². The van der Waals surface area contributed by atoms with E-state index >= 15 is 0 Å². The third kappa shape index (κ3) is 4.66. The first-order valence-electron chi connectivity index (χ1n) is 6.48. The first kappa shape index (κ1) is 15.7. The zero-order valence-electron chi connectivity index (χ0n) is 11.5. The van der Waals surface area contributed by atoms with Crippen molar-refractivity contribution >= 4 is 29.1 Å². The lowest BCUT2D eigenvalue weighted by atomic mass is 10.1. The molecular weight excluding hydrogens is 309 g/mol. The van der Waals surface area contributed by atoms with Gasteiger partial charge in [-0.1, -0.05) is 53.5 Å². The molecule has 3 nitrogen and oxygen atoms in total. The lowest BCUT2D eigenvalue weighted by Gasteiger charge is -2.15. The van der Waals surface area contributed by atoms with Crippen LogP contribution in [0.15, 0.2) is 48.5 Å². The van der Waals surface area contributed by atoms with Gasteiger partial charge in [-0.2, -0.15) is 0 Å². The second-order valence-electron chi connectivity index (χ2n) is 4.56. The van der Waals surface area contributed by atoms with Gasteiger partial charge in [0.25, 0.3) is 5.91 Å². The number of amides is 1. The maximum Gasteiger partial charge on any atom is 0.258 e. The van der Waals surface area contributed by atoms with Gasteiger partial charge in [-0.15, -0.1) is 0 Å². The first-order chi connectivity index (χ1) is 10.1. The molecular formula is C16H15Cl2NO2. The summed E-state index contributed by atoms with van der Waals surface area (Å²) in [6.45, 7) is 1.82. The largest absolute Gasteiger partial charge is 0.482 e. The molecule has 1 atom stereocenters. The highest BCUT2D eigenvalue weighted by molar-refractivity contribution is 6.35. The van der Waals surface area contributed by atoms with E-state index in [2.05, 4.69) is 5.32 Å². The summed E-state index contributed by atoms with van der Waals surface area (Å²) in [6, 6.07) is 14.5. The Labute approximate surface area is 133 Å². The fraction of sp³-hybridized carbons (Fsp3) is 0.188. The third-order valence-corrected chi connectivity index (χ3v) is 3.46. The number of hydrogen-bond acceptors (Lipinski definition) is 2. The van der Waals surface area contributed by atoms with E-state index in [1.165, 1.54) is 0 Å². The summed E-state index contributed by atoms with van der Waals surface area (Å²) in [4.78, 5) is 11.9. The van der Waals surface area contributed by atoms with Crippen LogP contribution in [-0.2, 0) is 4.79 Å². The number of halogens is 2. The second kappa shape index (κ2) is 7.34. The minimum atomic E-state index is -0.211. The minimum Gasteiger partial charge on any atom is -0.482 e. The summed E-state index contributed by atoms with van der Waals surface area (Å²) in [6.07, 6.45) is 0. The van der Waals surface area contributed by atoms with Crippen molar-refractivity contribution in [2.75, 3.05) is 6.61 Å². The molecule has 21 heavy (non-hydrogen) atoms. The number of benzene rings is 2. The molecule has 0 spiro atoms. The average Bonchev–Trinajstić information content (AvgIpc) is 2.47. The summed E-state index contributed by atoms with van der Waals surface area (Å²) in [7, 11) is 0. The van der Waals surface area contributed by atoms with Gasteiger partial charge in [0.1, 0.15) is 5.75 Å². The van der Waals surface area contributed by atoms with E-state index < -0.39 is 0 Å². The topological polar surface area (TPSA) is 38.3 Å². The van der Waals surface area contributed by atoms with Gasteiger partial charge in [0.05, 0.1) is 11.1 Å². The molecule has 0 unspecified atom stereocenters. The van der Waals surface area contributed by atoms with Crippen LogP contribution < -0.4 is 10.1 Å². The SMILES string of the molecule is C[C@@H](NC(=O)COc1ccc(Cl)cc1Cl)c1ccccc1. The molecule has 110 valence electrons. The maximum absolute atomic E-state index is 11.9. The van der Waals surface area contributed by atoms with Crippen LogP contribution in [0.25, 0.3) is 0 Å². The monoisotopic (exact) mass is 323 g/mol. The molecule has 2 rings (SSSR count). The van der Waals surface area contributed by atoms with Crippen molar-refractivity contribution in [3.05, 3.63) is 64.1 Å². The molecule has 1 N–H and O–H groups in total. The Kier molecular flexibility index (Phi) is 5.48. The Morgan fingerprint density at radius 3 is 2.57 bits per heavy atom. The molecule has 0 radical (unpaired) electrons. The Bertz CT molecular complexity index is 617. The van der Waals surface area contributed by atoms with Gasteiger partial charge in [0, 0.05) is 5.02 Å². The van der Waals surface area contributed by atoms with E-state index in [4.69, 9.17) is 27.9 Å². The normalized spacial score (nSPS) is 11.8. The minimum absolute atomic E-state index is 0.0806. The van der Waals surface area contributed by atoms with Crippen LogP contribution >= 0.6 is 23.2 Å². The molecule has 0 bridgehead atoms. The summed E-state index contributed by atoms with van der Waals surface area (Å²) in [5, 5.41) is 3.77. The van der Waals surface area contributed by atoms with Gasteiger partial charge >= 0.3 is 0 Å². The molecule has 0 fully saturated rings. The third-order valence-electron chi connectivity index (χ3n) is 2.93. The van der Waals surface area contributed by atoms with E-state index in [0.717, 1.165) is 5.56 Å². The van der Waals surface area contributed by atoms with Gasteiger partial charge in [-0.3, -0.25) is 4.79 Å². The van der Waals surface area contributed by atoms with Crippen molar-refractivity contribution in [1.82, 2.24) is 5.32 Å². The zero-order valence-corrected chi connectivity index (χ0v) is 13.0. The van der Waals surface area contributed by atoms with Gasteiger partial charge in [0.2, 0.25) is 0 Å². The van der Waals surface area contributed by atoms with Crippen LogP contribution in [0.4, 0.5) is 0 Å². The van der Waals surface area contributed by atoms with E-state index in [9.17, 15) is 4.79 Å². The number of hydrogen-bond donors (Lipinski definition) is 1. The summed E-state index contributed by atoms with van der Waals surface area (Å²) >= 11 is 11.8. The van der Waals surface area contributed by atoms with Crippen LogP contribution in [0.5, 0.6) is 5.75 Å². The van der Waals surface area contributed by atoms with Gasteiger partial charge in [-0.05, 0) is 30.7 Å². The quantitative estimate of drug-likeness (QED) is 0.893. The summed E-state index contributed by atoms with van der Waals surface area (Å²) in [5.74, 6) is 0.223. The molecule has 1 amide bonds. The summed E-state index contributed by atoms with van der Waals surface area (Å²) < 4.78 is 5.39. The van der Waals surface area contributed by atoms with Crippen molar-refractivity contribution in [3.63, 3.8) is 0 Å². The maximum atomic E-state index is 11.9. The molecule has 0 aliphatic carbocycles. The van der Waals surface area contributed by atoms with Gasteiger partial charge in [0.15, 0.2) is 6.61 Å². The smallest absolute Gasteiger partial charge is 0.258 e. The van der Waals surface area contributed by atoms with E-state index in [1.54, 1.807) is 18.2 Å². The Morgan fingerprint density at radius 2 is 1.90 bits per heavy atom. The number of nitrogens with one attached hydrogen (secondary N) is 1. The Morgan fingerprint density at radius 1 is 1.19 bits per heavy atom. The predicted octanol–water partition coefficient (Wildman–Crippen LogP) is 4.25. The van der Waals surface area contributed by atoms with Crippen LogP contribution in [-0.4, -0.2) is 12.5 Å². The van der Waals surface area contributed by atoms with Crippen LogP contribution in [0, 0.1) is 0 Å². The predicted molar refractivity (Wildman–Crippen MR) is 85.0 cm³/mol. The molecule has 0 saturated carbocycles. The first-order valence-corrected chi connectivity index (χ1v) is 7.24. The van der Waals surface area contributed by atoms with Crippen molar-refractivity contribution in [3.8, 4) is 5.75 Å². The van der Waals surface area contributed by atoms with Gasteiger partial charge in [-0.25, -0.2) is 0 Å². The standard InChI is InChI=1S/C16H15Cl2NO2/c1-11(12-5-3-2-4-6-12)19-16(20)10-21-15-8-7-13(17)9-14(15)18/h2-9,11H,10H2,1H3,(H,19,20)/t11-/m1/s1. The van der Waals surface area contributed by atoms with Crippen molar-refractivity contribution < 1.29 is 9.53 Å². The number of carbonyl (C=O) groups excluding carboxylic acids is 1. The lowest BCUT2D eigenvalue weighted by Crippen LogP contribution is -2.31. The van der Waals surface area contributed by atoms with Crippen molar-refractivity contribution in [1.29, 1.82) is 0 Å². The van der Waals surface area contributed by atoms with Crippen molar-refractivity contribution in [2.24, 2.45) is 0 Å². The fourth-order valence-corrected chi connectivity index (χ4v) is 2.31. The molecule has 0 aliphatic rings. The highest BCUT2D eigenvalue weighted by Crippen LogP contribution is 2.27. The molecule has 2 aromatic rings. The molecule has 5 heteroatoms. The van der Waals surface area contributed by atoms with E-state index in [1.807, 2.05) is 37.3 Å². The van der Waals surface area contributed by atoms with Gasteiger partial charge < -0.3 is 10.1 Å². The molecule has 0 saturated heterocycles. The number of ether oxygens (including phenoxy) is 1. The Hall–Kier alpha value is -1.71. The van der Waals surface area contributed by atoms with Crippen LogP contribution in [0.3, 0.4) is 0 Å². The Balaban J connectivity index is 1.87. The van der Waals surface area contributed by atoms with Crippen LogP contribution in [0.1, 0.15) is 18.5 Å². The highest BCUT2D eigenvalue weighted by Gasteiger charge is 2.10.